The van der Waals surface area contributed by atoms with Gasteiger partial charge in [0.2, 0.25) is 0 Å². The Kier molecular flexibility index (Phi) is 2.99. The van der Waals surface area contributed by atoms with E-state index in [1.165, 1.54) is 6.42 Å². The molecule has 0 aliphatic heterocycles. The van der Waals surface area contributed by atoms with E-state index in [0.717, 1.165) is 12.8 Å². The second-order valence-electron chi connectivity index (χ2n) is 6.18. The highest BCUT2D eigenvalue weighted by Crippen LogP contribution is 2.51. The molecular weight excluding hydrogens is 176 g/mol. The summed E-state index contributed by atoms with van der Waals surface area (Å²) in [6.07, 6.45) is 3.20. The Balaban J connectivity index is 2.90. The van der Waals surface area contributed by atoms with Crippen molar-refractivity contribution in [2.75, 3.05) is 14.2 Å². The zero-order valence-corrected chi connectivity index (χ0v) is 10.4. The molecule has 0 aromatic carbocycles. The van der Waals surface area contributed by atoms with Crippen molar-refractivity contribution in [1.82, 2.24) is 0 Å². The fourth-order valence-electron chi connectivity index (χ4n) is 3.31. The minimum atomic E-state index is -0.370. The molecule has 0 atom stereocenters. The molecule has 0 amide bonds. The summed E-state index contributed by atoms with van der Waals surface area (Å²) in [5.74, 6) is -0.370. The summed E-state index contributed by atoms with van der Waals surface area (Å²) in [5, 5.41) is 0. The van der Waals surface area contributed by atoms with Crippen molar-refractivity contribution in [3.63, 3.8) is 0 Å². The van der Waals surface area contributed by atoms with Crippen molar-refractivity contribution < 1.29 is 9.47 Å². The smallest absolute Gasteiger partial charge is 0.168 e. The standard InChI is InChI=1S/C12H24O2/c1-10(2)7-11(3,4)9-12(8-10,13-5)14-6/h7-9H2,1-6H3. The van der Waals surface area contributed by atoms with Crippen molar-refractivity contribution in [3.05, 3.63) is 0 Å². The molecule has 0 radical (unpaired) electrons. The van der Waals surface area contributed by atoms with Crippen LogP contribution in [0.25, 0.3) is 0 Å². The molecule has 84 valence electrons. The molecule has 2 nitrogen and oxygen atoms in total. The third-order valence-electron chi connectivity index (χ3n) is 3.20. The van der Waals surface area contributed by atoms with Crippen LogP contribution in [-0.4, -0.2) is 20.0 Å². The molecular formula is C12H24O2. The van der Waals surface area contributed by atoms with Gasteiger partial charge in [-0.3, -0.25) is 0 Å². The number of hydrogen-bond donors (Lipinski definition) is 0. The number of ether oxygens (including phenoxy) is 2. The molecule has 2 heteroatoms. The van der Waals surface area contributed by atoms with Gasteiger partial charge in [0.15, 0.2) is 5.79 Å². The van der Waals surface area contributed by atoms with Gasteiger partial charge in [-0.05, 0) is 17.3 Å². The molecule has 0 unspecified atom stereocenters. The van der Waals surface area contributed by atoms with Crippen molar-refractivity contribution in [2.24, 2.45) is 10.8 Å². The zero-order chi connectivity index (χ0) is 11.0. The maximum Gasteiger partial charge on any atom is 0.168 e. The maximum atomic E-state index is 5.58. The summed E-state index contributed by atoms with van der Waals surface area (Å²) < 4.78 is 11.2. The lowest BCUT2D eigenvalue weighted by Gasteiger charge is -2.50. The normalized spacial score (nSPS) is 28.7. The first-order valence-electron chi connectivity index (χ1n) is 5.35. The first kappa shape index (κ1) is 12.0. The highest BCUT2D eigenvalue weighted by Gasteiger charge is 2.48. The van der Waals surface area contributed by atoms with Crippen molar-refractivity contribution in [3.8, 4) is 0 Å². The summed E-state index contributed by atoms with van der Waals surface area (Å²) >= 11 is 0. The van der Waals surface area contributed by atoms with Crippen LogP contribution in [0.2, 0.25) is 0 Å². The SMILES string of the molecule is COC1(OC)CC(C)(C)CC(C)(C)C1. The van der Waals surface area contributed by atoms with Crippen LogP contribution < -0.4 is 0 Å². The summed E-state index contributed by atoms with van der Waals surface area (Å²) in [7, 11) is 3.50. The van der Waals surface area contributed by atoms with Gasteiger partial charge in [-0.2, -0.15) is 0 Å². The molecule has 0 aromatic heterocycles. The summed E-state index contributed by atoms with van der Waals surface area (Å²) in [6, 6.07) is 0. The average Bonchev–Trinajstić information content (AvgIpc) is 1.98. The summed E-state index contributed by atoms with van der Waals surface area (Å²) in [5.41, 5.74) is 0.599. The topological polar surface area (TPSA) is 18.5 Å². The molecule has 1 saturated carbocycles. The van der Waals surface area contributed by atoms with Crippen molar-refractivity contribution in [2.45, 2.75) is 52.7 Å². The Hall–Kier alpha value is -0.0800. The Morgan fingerprint density at radius 1 is 0.714 bits per heavy atom. The van der Waals surface area contributed by atoms with Gasteiger partial charge in [0, 0.05) is 27.1 Å². The highest BCUT2D eigenvalue weighted by atomic mass is 16.7. The van der Waals surface area contributed by atoms with Crippen LogP contribution in [0.5, 0.6) is 0 Å². The van der Waals surface area contributed by atoms with E-state index in [0.29, 0.717) is 10.8 Å². The second-order valence-corrected chi connectivity index (χ2v) is 6.18. The molecule has 1 rings (SSSR count). The molecule has 1 fully saturated rings. The lowest BCUT2D eigenvalue weighted by molar-refractivity contribution is -0.259. The minimum absolute atomic E-state index is 0.299. The first-order valence-corrected chi connectivity index (χ1v) is 5.35. The van der Waals surface area contributed by atoms with Crippen LogP contribution in [0.15, 0.2) is 0 Å². The highest BCUT2D eigenvalue weighted by molar-refractivity contribution is 4.94. The van der Waals surface area contributed by atoms with Crippen LogP contribution in [0.1, 0.15) is 47.0 Å². The van der Waals surface area contributed by atoms with E-state index >= 15 is 0 Å². The third-order valence-corrected chi connectivity index (χ3v) is 3.20. The molecule has 0 spiro atoms. The van der Waals surface area contributed by atoms with Gasteiger partial charge in [-0.1, -0.05) is 27.7 Å². The quantitative estimate of drug-likeness (QED) is 0.637. The van der Waals surface area contributed by atoms with Crippen LogP contribution in [-0.2, 0) is 9.47 Å². The Morgan fingerprint density at radius 2 is 1.07 bits per heavy atom. The molecule has 0 saturated heterocycles. The van der Waals surface area contributed by atoms with Crippen LogP contribution in [0, 0.1) is 10.8 Å². The molecule has 1 aliphatic carbocycles. The second kappa shape index (κ2) is 3.49. The number of rotatable bonds is 2. The third kappa shape index (κ3) is 2.48. The molecule has 1 aliphatic rings. The molecule has 0 N–H and O–H groups in total. The van der Waals surface area contributed by atoms with Gasteiger partial charge >= 0.3 is 0 Å². The predicted molar refractivity (Wildman–Crippen MR) is 58.2 cm³/mol. The van der Waals surface area contributed by atoms with E-state index in [9.17, 15) is 0 Å². The van der Waals surface area contributed by atoms with Crippen LogP contribution >= 0.6 is 0 Å². The van der Waals surface area contributed by atoms with Gasteiger partial charge in [0.05, 0.1) is 0 Å². The van der Waals surface area contributed by atoms with E-state index < -0.39 is 0 Å². The average molecular weight is 200 g/mol. The lowest BCUT2D eigenvalue weighted by atomic mass is 9.63. The molecule has 0 aromatic rings. The van der Waals surface area contributed by atoms with Crippen molar-refractivity contribution in [1.29, 1.82) is 0 Å². The lowest BCUT2D eigenvalue weighted by Crippen LogP contribution is -2.48. The summed E-state index contributed by atoms with van der Waals surface area (Å²) in [6.45, 7) is 9.17. The van der Waals surface area contributed by atoms with Gasteiger partial charge in [0.1, 0.15) is 0 Å². The summed E-state index contributed by atoms with van der Waals surface area (Å²) in [4.78, 5) is 0. The van der Waals surface area contributed by atoms with E-state index in [4.69, 9.17) is 9.47 Å². The maximum absolute atomic E-state index is 5.58. The fourth-order valence-corrected chi connectivity index (χ4v) is 3.31. The molecule has 0 bridgehead atoms. The minimum Gasteiger partial charge on any atom is -0.353 e. The van der Waals surface area contributed by atoms with E-state index in [2.05, 4.69) is 27.7 Å². The van der Waals surface area contributed by atoms with Crippen LogP contribution in [0.4, 0.5) is 0 Å². The van der Waals surface area contributed by atoms with Crippen molar-refractivity contribution >= 4 is 0 Å². The number of methoxy groups -OCH3 is 2. The van der Waals surface area contributed by atoms with E-state index in [1.54, 1.807) is 14.2 Å². The largest absolute Gasteiger partial charge is 0.353 e. The first-order chi connectivity index (χ1) is 6.24. The van der Waals surface area contributed by atoms with E-state index in [-0.39, 0.29) is 5.79 Å². The van der Waals surface area contributed by atoms with Gasteiger partial charge in [0.25, 0.3) is 0 Å². The Bertz CT molecular complexity index is 184. The Morgan fingerprint density at radius 3 is 1.36 bits per heavy atom. The monoisotopic (exact) mass is 200 g/mol. The molecule has 0 heterocycles. The van der Waals surface area contributed by atoms with Crippen LogP contribution in [0.3, 0.4) is 0 Å². The van der Waals surface area contributed by atoms with E-state index in [1.807, 2.05) is 0 Å². The predicted octanol–water partition coefficient (Wildman–Crippen LogP) is 3.21. The van der Waals surface area contributed by atoms with Gasteiger partial charge in [-0.15, -0.1) is 0 Å². The van der Waals surface area contributed by atoms with Gasteiger partial charge < -0.3 is 9.47 Å². The zero-order valence-electron chi connectivity index (χ0n) is 10.4. The van der Waals surface area contributed by atoms with Gasteiger partial charge in [-0.25, -0.2) is 0 Å². The Labute approximate surface area is 88.0 Å². The fraction of sp³-hybridized carbons (Fsp3) is 1.00. The molecule has 14 heavy (non-hydrogen) atoms. The number of hydrogen-bond acceptors (Lipinski definition) is 2.